The van der Waals surface area contributed by atoms with Crippen LogP contribution in [0.3, 0.4) is 0 Å². The minimum absolute atomic E-state index is 0.215. The lowest BCUT2D eigenvalue weighted by Gasteiger charge is -2.08. The maximum Gasteiger partial charge on any atom is 0.161 e. The van der Waals surface area contributed by atoms with Gasteiger partial charge in [-0.05, 0) is 41.8 Å². The molecule has 0 aliphatic rings. The van der Waals surface area contributed by atoms with Crippen molar-refractivity contribution in [3.63, 3.8) is 0 Å². The van der Waals surface area contributed by atoms with Gasteiger partial charge in [-0.1, -0.05) is 12.1 Å². The number of benzene rings is 2. The summed E-state index contributed by atoms with van der Waals surface area (Å²) in [5.74, 6) is 1.20. The first-order valence-electron chi connectivity index (χ1n) is 6.20. The minimum atomic E-state index is -0.215. The average molecular weight is 288 g/mol. The molecule has 0 unspecified atom stereocenters. The first-order chi connectivity index (χ1) is 9.76. The zero-order valence-electron chi connectivity index (χ0n) is 10.9. The number of methoxy groups -OCH3 is 1. The Morgan fingerprint density at radius 3 is 2.65 bits per heavy atom. The van der Waals surface area contributed by atoms with Gasteiger partial charge in [0.2, 0.25) is 0 Å². The van der Waals surface area contributed by atoms with Crippen LogP contribution in [0.5, 0.6) is 11.5 Å². The first-order valence-corrected chi connectivity index (χ1v) is 7.02. The van der Waals surface area contributed by atoms with Crippen molar-refractivity contribution >= 4 is 21.4 Å². The summed E-state index contributed by atoms with van der Waals surface area (Å²) in [5, 5.41) is 0.911. The van der Waals surface area contributed by atoms with E-state index in [9.17, 15) is 4.39 Å². The first kappa shape index (κ1) is 12.9. The second kappa shape index (κ2) is 5.51. The van der Waals surface area contributed by atoms with Gasteiger partial charge in [0.25, 0.3) is 0 Å². The van der Waals surface area contributed by atoms with E-state index >= 15 is 0 Å². The second-order valence-corrected chi connectivity index (χ2v) is 5.50. The average Bonchev–Trinajstić information content (AvgIpc) is 2.87. The highest BCUT2D eigenvalue weighted by Gasteiger charge is 2.06. The molecule has 2 aromatic carbocycles. The van der Waals surface area contributed by atoms with Gasteiger partial charge in [0.15, 0.2) is 11.5 Å². The van der Waals surface area contributed by atoms with E-state index in [-0.39, 0.29) is 5.82 Å². The molecule has 0 aliphatic heterocycles. The molecule has 0 amide bonds. The van der Waals surface area contributed by atoms with Crippen LogP contribution in [0.4, 0.5) is 4.39 Å². The number of para-hydroxylation sites is 2. The van der Waals surface area contributed by atoms with Crippen molar-refractivity contribution in [1.82, 2.24) is 0 Å². The van der Waals surface area contributed by atoms with Crippen molar-refractivity contribution in [2.24, 2.45) is 0 Å². The van der Waals surface area contributed by atoms with Gasteiger partial charge in [0, 0.05) is 9.58 Å². The van der Waals surface area contributed by atoms with Gasteiger partial charge in [-0.15, -0.1) is 11.3 Å². The normalized spacial score (nSPS) is 10.7. The standard InChI is InChI=1S/C16H13FO2S/c1-18-14-4-2-3-5-15(14)19-10-13-9-11-8-12(17)6-7-16(11)20-13/h2-9H,10H2,1H3. The zero-order valence-corrected chi connectivity index (χ0v) is 11.7. The molecule has 0 saturated carbocycles. The van der Waals surface area contributed by atoms with Crippen LogP contribution in [0.1, 0.15) is 4.88 Å². The predicted octanol–water partition coefficient (Wildman–Crippen LogP) is 4.63. The number of rotatable bonds is 4. The van der Waals surface area contributed by atoms with Crippen molar-refractivity contribution in [2.75, 3.05) is 7.11 Å². The van der Waals surface area contributed by atoms with E-state index in [0.717, 1.165) is 15.0 Å². The molecular weight excluding hydrogens is 275 g/mol. The summed E-state index contributed by atoms with van der Waals surface area (Å²) in [6.07, 6.45) is 0. The van der Waals surface area contributed by atoms with Gasteiger partial charge in [-0.25, -0.2) is 4.39 Å². The fourth-order valence-corrected chi connectivity index (χ4v) is 2.99. The van der Waals surface area contributed by atoms with Crippen LogP contribution in [0.25, 0.3) is 10.1 Å². The van der Waals surface area contributed by atoms with Crippen LogP contribution in [0, 0.1) is 5.82 Å². The van der Waals surface area contributed by atoms with Gasteiger partial charge >= 0.3 is 0 Å². The van der Waals surface area contributed by atoms with E-state index in [2.05, 4.69) is 0 Å². The summed E-state index contributed by atoms with van der Waals surface area (Å²) < 4.78 is 25.2. The van der Waals surface area contributed by atoms with Crippen molar-refractivity contribution in [2.45, 2.75) is 6.61 Å². The third-order valence-electron chi connectivity index (χ3n) is 2.97. The molecule has 1 heterocycles. The Morgan fingerprint density at radius 1 is 1.05 bits per heavy atom. The lowest BCUT2D eigenvalue weighted by Crippen LogP contribution is -1.95. The Balaban J connectivity index is 1.79. The maximum atomic E-state index is 13.2. The largest absolute Gasteiger partial charge is 0.493 e. The molecule has 0 aliphatic carbocycles. The number of fused-ring (bicyclic) bond motifs is 1. The van der Waals surface area contributed by atoms with Gasteiger partial charge in [0.1, 0.15) is 12.4 Å². The summed E-state index contributed by atoms with van der Waals surface area (Å²) in [4.78, 5) is 1.05. The minimum Gasteiger partial charge on any atom is -0.493 e. The Morgan fingerprint density at radius 2 is 1.85 bits per heavy atom. The van der Waals surface area contributed by atoms with Crippen LogP contribution in [0.15, 0.2) is 48.5 Å². The van der Waals surface area contributed by atoms with E-state index in [0.29, 0.717) is 18.1 Å². The molecule has 0 fully saturated rings. The lowest BCUT2D eigenvalue weighted by atomic mass is 10.2. The predicted molar refractivity (Wildman–Crippen MR) is 79.1 cm³/mol. The molecule has 102 valence electrons. The van der Waals surface area contributed by atoms with E-state index in [1.54, 1.807) is 30.6 Å². The van der Waals surface area contributed by atoms with Crippen LogP contribution >= 0.6 is 11.3 Å². The molecule has 0 atom stereocenters. The van der Waals surface area contributed by atoms with E-state index in [1.165, 1.54) is 6.07 Å². The van der Waals surface area contributed by atoms with Gasteiger partial charge in [-0.2, -0.15) is 0 Å². The summed E-state index contributed by atoms with van der Waals surface area (Å²) in [6, 6.07) is 14.3. The monoisotopic (exact) mass is 288 g/mol. The van der Waals surface area contributed by atoms with Crippen LogP contribution in [0.2, 0.25) is 0 Å². The van der Waals surface area contributed by atoms with Crippen molar-refractivity contribution in [3.05, 3.63) is 59.2 Å². The fourth-order valence-electron chi connectivity index (χ4n) is 2.03. The molecule has 4 heteroatoms. The quantitative estimate of drug-likeness (QED) is 0.697. The fraction of sp³-hybridized carbons (Fsp3) is 0.125. The summed E-state index contributed by atoms with van der Waals surface area (Å²) >= 11 is 1.61. The molecule has 20 heavy (non-hydrogen) atoms. The number of thiophene rings is 1. The lowest BCUT2D eigenvalue weighted by molar-refractivity contribution is 0.287. The van der Waals surface area contributed by atoms with E-state index in [1.807, 2.05) is 30.3 Å². The Bertz CT molecular complexity index is 736. The summed E-state index contributed by atoms with van der Waals surface area (Å²) in [5.41, 5.74) is 0. The Hall–Kier alpha value is -2.07. The number of hydrogen-bond donors (Lipinski definition) is 0. The zero-order chi connectivity index (χ0) is 13.9. The molecular formula is C16H13FO2S. The molecule has 0 spiro atoms. The Labute approximate surface area is 120 Å². The molecule has 0 saturated heterocycles. The number of hydrogen-bond acceptors (Lipinski definition) is 3. The van der Waals surface area contributed by atoms with Crippen LogP contribution in [-0.4, -0.2) is 7.11 Å². The molecule has 0 radical (unpaired) electrons. The number of ether oxygens (including phenoxy) is 2. The van der Waals surface area contributed by atoms with Crippen LogP contribution < -0.4 is 9.47 Å². The number of halogens is 1. The van der Waals surface area contributed by atoms with Gasteiger partial charge < -0.3 is 9.47 Å². The van der Waals surface area contributed by atoms with Crippen molar-refractivity contribution in [1.29, 1.82) is 0 Å². The van der Waals surface area contributed by atoms with E-state index in [4.69, 9.17) is 9.47 Å². The highest BCUT2D eigenvalue weighted by Crippen LogP contribution is 2.30. The molecule has 0 bridgehead atoms. The maximum absolute atomic E-state index is 13.2. The highest BCUT2D eigenvalue weighted by atomic mass is 32.1. The molecule has 3 rings (SSSR count). The Kier molecular flexibility index (Phi) is 3.56. The molecule has 3 aromatic rings. The molecule has 0 N–H and O–H groups in total. The topological polar surface area (TPSA) is 18.5 Å². The van der Waals surface area contributed by atoms with Gasteiger partial charge in [0.05, 0.1) is 7.11 Å². The SMILES string of the molecule is COc1ccccc1OCc1cc2cc(F)ccc2s1. The third kappa shape index (κ3) is 2.60. The second-order valence-electron chi connectivity index (χ2n) is 4.33. The smallest absolute Gasteiger partial charge is 0.161 e. The van der Waals surface area contributed by atoms with E-state index < -0.39 is 0 Å². The third-order valence-corrected chi connectivity index (χ3v) is 4.06. The highest BCUT2D eigenvalue weighted by molar-refractivity contribution is 7.19. The van der Waals surface area contributed by atoms with Gasteiger partial charge in [-0.3, -0.25) is 0 Å². The van der Waals surface area contributed by atoms with Crippen molar-refractivity contribution < 1.29 is 13.9 Å². The summed E-state index contributed by atoms with van der Waals surface area (Å²) in [6.45, 7) is 0.446. The van der Waals surface area contributed by atoms with Crippen molar-refractivity contribution in [3.8, 4) is 11.5 Å². The molecule has 1 aromatic heterocycles. The molecule has 2 nitrogen and oxygen atoms in total. The van der Waals surface area contributed by atoms with Crippen LogP contribution in [-0.2, 0) is 6.61 Å². The summed E-state index contributed by atoms with van der Waals surface area (Å²) in [7, 11) is 1.62.